The highest BCUT2D eigenvalue weighted by molar-refractivity contribution is 5.78. The number of hydrogen-bond donors (Lipinski definition) is 3. The van der Waals surface area contributed by atoms with Crippen molar-refractivity contribution in [3.8, 4) is 0 Å². The number of nitrogens with one attached hydrogen (secondary N) is 1. The summed E-state index contributed by atoms with van der Waals surface area (Å²) in [6.45, 7) is 4.31. The van der Waals surface area contributed by atoms with Gasteiger partial charge in [-0.2, -0.15) is 0 Å². The van der Waals surface area contributed by atoms with E-state index in [0.717, 1.165) is 26.1 Å². The van der Waals surface area contributed by atoms with Gasteiger partial charge in [0.2, 0.25) is 0 Å². The molecule has 0 aliphatic carbocycles. The highest BCUT2D eigenvalue weighted by Gasteiger charge is 2.38. The van der Waals surface area contributed by atoms with Crippen LogP contribution in [0.1, 0.15) is 13.3 Å². The molecule has 0 saturated carbocycles. The fourth-order valence-corrected chi connectivity index (χ4v) is 1.64. The minimum absolute atomic E-state index is 0.345. The number of aliphatic hydroxyl groups is 1. The first-order valence-corrected chi connectivity index (χ1v) is 4.91. The van der Waals surface area contributed by atoms with Crippen LogP contribution in [-0.2, 0) is 4.79 Å². The van der Waals surface area contributed by atoms with Gasteiger partial charge in [0.1, 0.15) is 5.54 Å². The summed E-state index contributed by atoms with van der Waals surface area (Å²) in [6.07, 6.45) is 0.920. The zero-order valence-corrected chi connectivity index (χ0v) is 8.49. The molecule has 1 aliphatic heterocycles. The number of rotatable bonds is 3. The average molecular weight is 202 g/mol. The summed E-state index contributed by atoms with van der Waals surface area (Å²) in [5, 5.41) is 21.4. The van der Waals surface area contributed by atoms with Crippen molar-refractivity contribution in [2.24, 2.45) is 0 Å². The summed E-state index contributed by atoms with van der Waals surface area (Å²) in [4.78, 5) is 12.9. The highest BCUT2D eigenvalue weighted by Crippen LogP contribution is 2.15. The molecule has 14 heavy (non-hydrogen) atoms. The van der Waals surface area contributed by atoms with Crippen molar-refractivity contribution < 1.29 is 15.0 Å². The first-order valence-electron chi connectivity index (χ1n) is 4.91. The molecule has 1 heterocycles. The molecule has 0 aromatic rings. The lowest BCUT2D eigenvalue weighted by Crippen LogP contribution is -2.56. The topological polar surface area (TPSA) is 72.8 Å². The Bertz CT molecular complexity index is 202. The summed E-state index contributed by atoms with van der Waals surface area (Å²) in [5.74, 6) is -0.957. The van der Waals surface area contributed by atoms with Gasteiger partial charge in [-0.1, -0.05) is 0 Å². The van der Waals surface area contributed by atoms with Crippen molar-refractivity contribution in [3.63, 3.8) is 0 Å². The molecule has 0 aromatic heterocycles. The van der Waals surface area contributed by atoms with Crippen LogP contribution in [-0.4, -0.2) is 59.4 Å². The summed E-state index contributed by atoms with van der Waals surface area (Å²) >= 11 is 0. The predicted octanol–water partition coefficient (Wildman–Crippen LogP) is -0.883. The van der Waals surface area contributed by atoms with Gasteiger partial charge >= 0.3 is 5.97 Å². The lowest BCUT2D eigenvalue weighted by atomic mass is 10.0. The van der Waals surface area contributed by atoms with Crippen LogP contribution in [0.3, 0.4) is 0 Å². The molecule has 5 nitrogen and oxygen atoms in total. The first-order chi connectivity index (χ1) is 6.61. The Morgan fingerprint density at radius 2 is 2.21 bits per heavy atom. The van der Waals surface area contributed by atoms with Gasteiger partial charge in [-0.3, -0.25) is 9.69 Å². The number of nitrogens with zero attached hydrogens (tertiary/aromatic N) is 1. The SMILES string of the molecule is CC(CO)(C(=O)O)N1CCCNCC1. The van der Waals surface area contributed by atoms with E-state index < -0.39 is 11.5 Å². The van der Waals surface area contributed by atoms with Gasteiger partial charge < -0.3 is 15.5 Å². The van der Waals surface area contributed by atoms with Crippen LogP contribution in [0.4, 0.5) is 0 Å². The lowest BCUT2D eigenvalue weighted by Gasteiger charge is -2.35. The van der Waals surface area contributed by atoms with E-state index in [1.54, 1.807) is 6.92 Å². The molecule has 5 heteroatoms. The quantitative estimate of drug-likeness (QED) is 0.554. The standard InChI is InChI=1S/C9H18N2O3/c1-9(7-12,8(13)14)11-5-2-3-10-4-6-11/h10,12H,2-7H2,1H3,(H,13,14). The summed E-state index contributed by atoms with van der Waals surface area (Å²) in [7, 11) is 0. The third kappa shape index (κ3) is 2.23. The van der Waals surface area contributed by atoms with Crippen LogP contribution in [0, 0.1) is 0 Å². The van der Waals surface area contributed by atoms with E-state index in [9.17, 15) is 4.79 Å². The Kier molecular flexibility index (Phi) is 3.86. The number of carboxylic acid groups (broad SMARTS) is 1. The van der Waals surface area contributed by atoms with Crippen molar-refractivity contribution in [1.29, 1.82) is 0 Å². The van der Waals surface area contributed by atoms with Crippen LogP contribution >= 0.6 is 0 Å². The molecule has 3 N–H and O–H groups in total. The number of hydrogen-bond acceptors (Lipinski definition) is 4. The molecule has 1 saturated heterocycles. The molecule has 1 fully saturated rings. The van der Waals surface area contributed by atoms with Crippen molar-refractivity contribution in [2.75, 3.05) is 32.8 Å². The molecular formula is C9H18N2O3. The van der Waals surface area contributed by atoms with Gasteiger partial charge in [-0.25, -0.2) is 0 Å². The Morgan fingerprint density at radius 3 is 2.79 bits per heavy atom. The maximum Gasteiger partial charge on any atom is 0.326 e. The molecule has 0 radical (unpaired) electrons. The summed E-state index contributed by atoms with van der Waals surface area (Å²) in [5.41, 5.74) is -1.13. The number of carboxylic acids is 1. The van der Waals surface area contributed by atoms with Gasteiger partial charge in [0.05, 0.1) is 6.61 Å². The van der Waals surface area contributed by atoms with Gasteiger partial charge in [0.15, 0.2) is 0 Å². The fourth-order valence-electron chi connectivity index (χ4n) is 1.64. The normalized spacial score (nSPS) is 23.9. The Balaban J connectivity index is 2.71. The highest BCUT2D eigenvalue weighted by atomic mass is 16.4. The third-order valence-corrected chi connectivity index (χ3v) is 2.81. The maximum absolute atomic E-state index is 11.0. The second-order valence-corrected chi connectivity index (χ2v) is 3.83. The molecule has 0 spiro atoms. The molecular weight excluding hydrogens is 184 g/mol. The molecule has 1 unspecified atom stereocenters. The van der Waals surface area contributed by atoms with Crippen molar-refractivity contribution in [1.82, 2.24) is 10.2 Å². The molecule has 1 atom stereocenters. The second kappa shape index (κ2) is 4.72. The smallest absolute Gasteiger partial charge is 0.326 e. The van der Waals surface area contributed by atoms with Crippen molar-refractivity contribution in [3.05, 3.63) is 0 Å². The monoisotopic (exact) mass is 202 g/mol. The van der Waals surface area contributed by atoms with Crippen molar-refractivity contribution >= 4 is 5.97 Å². The maximum atomic E-state index is 11.0. The Hall–Kier alpha value is -0.650. The van der Waals surface area contributed by atoms with Crippen LogP contribution in [0.2, 0.25) is 0 Å². The van der Waals surface area contributed by atoms with E-state index >= 15 is 0 Å². The zero-order valence-electron chi connectivity index (χ0n) is 8.49. The Labute approximate surface area is 83.7 Å². The molecule has 1 aliphatic rings. The molecule has 0 amide bonds. The number of carbonyl (C=O) groups is 1. The molecule has 0 bridgehead atoms. The average Bonchev–Trinajstić information content (AvgIpc) is 2.44. The largest absolute Gasteiger partial charge is 0.480 e. The van der Waals surface area contributed by atoms with E-state index in [0.29, 0.717) is 6.54 Å². The van der Waals surface area contributed by atoms with Gasteiger partial charge in [0, 0.05) is 19.6 Å². The lowest BCUT2D eigenvalue weighted by molar-refractivity contribution is -0.153. The molecule has 82 valence electrons. The van der Waals surface area contributed by atoms with Gasteiger partial charge in [0.25, 0.3) is 0 Å². The van der Waals surface area contributed by atoms with Crippen LogP contribution < -0.4 is 5.32 Å². The van der Waals surface area contributed by atoms with Gasteiger partial charge in [-0.15, -0.1) is 0 Å². The van der Waals surface area contributed by atoms with E-state index in [-0.39, 0.29) is 6.61 Å². The minimum Gasteiger partial charge on any atom is -0.480 e. The number of aliphatic hydroxyl groups excluding tert-OH is 1. The predicted molar refractivity (Wildman–Crippen MR) is 52.2 cm³/mol. The summed E-state index contributed by atoms with van der Waals surface area (Å²) < 4.78 is 0. The molecule has 0 aromatic carbocycles. The van der Waals surface area contributed by atoms with E-state index in [4.69, 9.17) is 10.2 Å². The van der Waals surface area contributed by atoms with E-state index in [2.05, 4.69) is 5.32 Å². The second-order valence-electron chi connectivity index (χ2n) is 3.83. The minimum atomic E-state index is -1.13. The molecule has 1 rings (SSSR count). The van der Waals surface area contributed by atoms with E-state index in [1.165, 1.54) is 0 Å². The van der Waals surface area contributed by atoms with Gasteiger partial charge in [-0.05, 0) is 19.9 Å². The third-order valence-electron chi connectivity index (χ3n) is 2.81. The summed E-state index contributed by atoms with van der Waals surface area (Å²) in [6, 6.07) is 0. The number of aliphatic carboxylic acids is 1. The Morgan fingerprint density at radius 1 is 1.50 bits per heavy atom. The first kappa shape index (κ1) is 11.4. The fraction of sp³-hybridized carbons (Fsp3) is 0.889. The zero-order chi connectivity index (χ0) is 10.6. The van der Waals surface area contributed by atoms with Crippen LogP contribution in [0.25, 0.3) is 0 Å². The van der Waals surface area contributed by atoms with Crippen LogP contribution in [0.15, 0.2) is 0 Å². The van der Waals surface area contributed by atoms with Crippen LogP contribution in [0.5, 0.6) is 0 Å². The van der Waals surface area contributed by atoms with E-state index in [1.807, 2.05) is 4.90 Å². The van der Waals surface area contributed by atoms with Crippen molar-refractivity contribution in [2.45, 2.75) is 18.9 Å².